The third-order valence-corrected chi connectivity index (χ3v) is 4.87. The van der Waals surface area contributed by atoms with Gasteiger partial charge in [0.2, 0.25) is 15.9 Å². The zero-order chi connectivity index (χ0) is 15.6. The Hall–Kier alpha value is -1.93. The number of nitrogens with zero attached hydrogens (tertiary/aromatic N) is 2. The van der Waals surface area contributed by atoms with Crippen molar-refractivity contribution in [3.63, 3.8) is 0 Å². The van der Waals surface area contributed by atoms with Crippen LogP contribution in [0.5, 0.6) is 0 Å². The largest absolute Gasteiger partial charge is 0.398 e. The molecule has 0 radical (unpaired) electrons. The summed E-state index contributed by atoms with van der Waals surface area (Å²) in [6, 6.07) is 3.39. The summed E-state index contributed by atoms with van der Waals surface area (Å²) in [5.74, 6) is 0.923. The summed E-state index contributed by atoms with van der Waals surface area (Å²) in [4.78, 5) is 4.25. The lowest BCUT2D eigenvalue weighted by atomic mass is 10.1. The molecule has 7 nitrogen and oxygen atoms in total. The first-order chi connectivity index (χ1) is 9.81. The van der Waals surface area contributed by atoms with Gasteiger partial charge < -0.3 is 10.3 Å². The van der Waals surface area contributed by atoms with Gasteiger partial charge in [-0.3, -0.25) is 0 Å². The fourth-order valence-corrected chi connectivity index (χ4v) is 3.60. The van der Waals surface area contributed by atoms with E-state index in [2.05, 4.69) is 14.9 Å². The van der Waals surface area contributed by atoms with Crippen LogP contribution >= 0.6 is 0 Å². The minimum Gasteiger partial charge on any atom is -0.398 e. The molecule has 0 amide bonds. The fraction of sp³-hybridized carbons (Fsp3) is 0.385. The molecule has 21 heavy (non-hydrogen) atoms. The van der Waals surface area contributed by atoms with Crippen molar-refractivity contribution in [2.75, 3.05) is 12.3 Å². The first-order valence-electron chi connectivity index (χ1n) is 6.46. The van der Waals surface area contributed by atoms with Gasteiger partial charge in [-0.2, -0.15) is 4.98 Å². The molecule has 0 aliphatic carbocycles. The number of nitrogen functional groups attached to an aromatic ring is 1. The van der Waals surface area contributed by atoms with Crippen LogP contribution in [0, 0.1) is 20.8 Å². The highest BCUT2D eigenvalue weighted by Gasteiger charge is 2.20. The highest BCUT2D eigenvalue weighted by Crippen LogP contribution is 2.24. The van der Waals surface area contributed by atoms with Crippen molar-refractivity contribution in [3.8, 4) is 0 Å². The van der Waals surface area contributed by atoms with E-state index < -0.39 is 10.0 Å². The Bertz CT molecular complexity index is 753. The zero-order valence-corrected chi connectivity index (χ0v) is 13.0. The summed E-state index contributed by atoms with van der Waals surface area (Å²) < 4.78 is 32.1. The second-order valence-electron chi connectivity index (χ2n) is 4.80. The molecular weight excluding hydrogens is 292 g/mol. The molecule has 8 heteroatoms. The molecule has 0 unspecified atom stereocenters. The summed E-state index contributed by atoms with van der Waals surface area (Å²) in [5.41, 5.74) is 7.45. The summed E-state index contributed by atoms with van der Waals surface area (Å²) in [5, 5.41) is 3.72. The van der Waals surface area contributed by atoms with Crippen LogP contribution in [0.3, 0.4) is 0 Å². The highest BCUT2D eigenvalue weighted by atomic mass is 32.2. The maximum atomic E-state index is 12.4. The smallest absolute Gasteiger partial charge is 0.241 e. The molecule has 3 N–H and O–H groups in total. The standard InChI is InChI=1S/C13H18N4O3S/c1-8-4-5-11(14)9(2)13(8)21(18,19)15-7-6-12-16-10(3)20-17-12/h4-5,15H,6-7,14H2,1-3H3. The van der Waals surface area contributed by atoms with E-state index in [1.807, 2.05) is 0 Å². The Morgan fingerprint density at radius 2 is 2.00 bits per heavy atom. The molecule has 0 saturated carbocycles. The van der Waals surface area contributed by atoms with Crippen LogP contribution in [0.2, 0.25) is 0 Å². The fourth-order valence-electron chi connectivity index (χ4n) is 2.07. The van der Waals surface area contributed by atoms with E-state index in [9.17, 15) is 8.42 Å². The van der Waals surface area contributed by atoms with Crippen molar-refractivity contribution in [3.05, 3.63) is 35.0 Å². The minimum absolute atomic E-state index is 0.189. The number of anilines is 1. The van der Waals surface area contributed by atoms with Gasteiger partial charge in [-0.05, 0) is 31.0 Å². The van der Waals surface area contributed by atoms with Crippen molar-refractivity contribution in [2.24, 2.45) is 0 Å². The van der Waals surface area contributed by atoms with Crippen molar-refractivity contribution < 1.29 is 12.9 Å². The van der Waals surface area contributed by atoms with Crippen LogP contribution in [0.4, 0.5) is 5.69 Å². The molecule has 1 heterocycles. The maximum absolute atomic E-state index is 12.4. The van der Waals surface area contributed by atoms with E-state index in [1.165, 1.54) is 0 Å². The number of hydrogen-bond acceptors (Lipinski definition) is 6. The monoisotopic (exact) mass is 310 g/mol. The normalized spacial score (nSPS) is 11.8. The Labute approximate surface area is 123 Å². The van der Waals surface area contributed by atoms with E-state index in [-0.39, 0.29) is 11.4 Å². The molecule has 2 aromatic rings. The van der Waals surface area contributed by atoms with Gasteiger partial charge >= 0.3 is 0 Å². The molecule has 2 rings (SSSR count). The number of nitrogens with two attached hydrogens (primary N) is 1. The molecule has 114 valence electrons. The quantitative estimate of drug-likeness (QED) is 0.800. The lowest BCUT2D eigenvalue weighted by Gasteiger charge is -2.13. The summed E-state index contributed by atoms with van der Waals surface area (Å²) in [7, 11) is -3.62. The third kappa shape index (κ3) is 3.40. The first kappa shape index (κ1) is 15.5. The number of rotatable bonds is 5. The van der Waals surface area contributed by atoms with Gasteiger partial charge in [-0.15, -0.1) is 0 Å². The van der Waals surface area contributed by atoms with Crippen LogP contribution in [-0.2, 0) is 16.4 Å². The first-order valence-corrected chi connectivity index (χ1v) is 7.94. The molecule has 0 atom stereocenters. The van der Waals surface area contributed by atoms with Gasteiger partial charge in [0.1, 0.15) is 0 Å². The van der Waals surface area contributed by atoms with E-state index in [1.54, 1.807) is 32.9 Å². The van der Waals surface area contributed by atoms with Crippen LogP contribution in [0.1, 0.15) is 22.8 Å². The summed E-state index contributed by atoms with van der Waals surface area (Å²) in [6.45, 7) is 5.30. The Morgan fingerprint density at radius 3 is 2.62 bits per heavy atom. The Morgan fingerprint density at radius 1 is 1.29 bits per heavy atom. The van der Waals surface area contributed by atoms with Crippen molar-refractivity contribution >= 4 is 15.7 Å². The average Bonchev–Trinajstić information content (AvgIpc) is 2.80. The van der Waals surface area contributed by atoms with Crippen LogP contribution in [-0.4, -0.2) is 25.1 Å². The van der Waals surface area contributed by atoms with Gasteiger partial charge in [-0.25, -0.2) is 13.1 Å². The second-order valence-corrected chi connectivity index (χ2v) is 6.51. The molecule has 0 aliphatic heterocycles. The second kappa shape index (κ2) is 5.82. The lowest BCUT2D eigenvalue weighted by molar-refractivity contribution is 0.387. The van der Waals surface area contributed by atoms with Crippen molar-refractivity contribution in [2.45, 2.75) is 32.1 Å². The molecule has 0 bridgehead atoms. The third-order valence-electron chi connectivity index (χ3n) is 3.12. The number of sulfonamides is 1. The molecule has 0 aliphatic rings. The van der Waals surface area contributed by atoms with E-state index in [0.717, 1.165) is 0 Å². The van der Waals surface area contributed by atoms with E-state index >= 15 is 0 Å². The van der Waals surface area contributed by atoms with Crippen molar-refractivity contribution in [1.82, 2.24) is 14.9 Å². The number of benzene rings is 1. The molecular formula is C13H18N4O3S. The summed E-state index contributed by atoms with van der Waals surface area (Å²) >= 11 is 0. The molecule has 1 aromatic heterocycles. The number of aromatic nitrogens is 2. The van der Waals surface area contributed by atoms with Crippen molar-refractivity contribution in [1.29, 1.82) is 0 Å². The maximum Gasteiger partial charge on any atom is 0.241 e. The lowest BCUT2D eigenvalue weighted by Crippen LogP contribution is -2.27. The predicted molar refractivity (Wildman–Crippen MR) is 78.3 cm³/mol. The Kier molecular flexibility index (Phi) is 4.29. The number of hydrogen-bond donors (Lipinski definition) is 2. The SMILES string of the molecule is Cc1nc(CCNS(=O)(=O)c2c(C)ccc(N)c2C)no1. The zero-order valence-electron chi connectivity index (χ0n) is 12.2. The van der Waals surface area contributed by atoms with Crippen LogP contribution < -0.4 is 10.5 Å². The average molecular weight is 310 g/mol. The van der Waals surface area contributed by atoms with Gasteiger partial charge in [0.25, 0.3) is 0 Å². The van der Waals surface area contributed by atoms with Crippen LogP contribution in [0.15, 0.2) is 21.6 Å². The van der Waals surface area contributed by atoms with Gasteiger partial charge in [0.15, 0.2) is 5.82 Å². The number of aryl methyl sites for hydroxylation is 2. The van der Waals surface area contributed by atoms with Gasteiger partial charge in [-0.1, -0.05) is 11.2 Å². The molecule has 0 saturated heterocycles. The van der Waals surface area contributed by atoms with Gasteiger partial charge in [0.05, 0.1) is 4.90 Å². The summed E-state index contributed by atoms with van der Waals surface area (Å²) in [6.07, 6.45) is 0.358. The minimum atomic E-state index is -3.62. The van der Waals surface area contributed by atoms with Crippen LogP contribution in [0.25, 0.3) is 0 Å². The number of nitrogens with one attached hydrogen (secondary N) is 1. The topological polar surface area (TPSA) is 111 Å². The van der Waals surface area contributed by atoms with E-state index in [4.69, 9.17) is 10.3 Å². The van der Waals surface area contributed by atoms with Gasteiger partial charge in [0, 0.05) is 25.6 Å². The Balaban J connectivity index is 2.14. The highest BCUT2D eigenvalue weighted by molar-refractivity contribution is 7.89. The predicted octanol–water partition coefficient (Wildman–Crippen LogP) is 1.10. The molecule has 0 spiro atoms. The molecule has 1 aromatic carbocycles. The molecule has 0 fully saturated rings. The van der Waals surface area contributed by atoms with E-state index in [0.29, 0.717) is 35.0 Å².